The SMILES string of the molecule is CCNCc1cc(Br)cc(C)c1OCC1CCCO1. The predicted octanol–water partition coefficient (Wildman–Crippen LogP) is 3.42. The Bertz CT molecular complexity index is 417. The lowest BCUT2D eigenvalue weighted by Gasteiger charge is -2.17. The third kappa shape index (κ3) is 4.20. The Labute approximate surface area is 123 Å². The monoisotopic (exact) mass is 327 g/mol. The van der Waals surface area contributed by atoms with Gasteiger partial charge in [-0.1, -0.05) is 22.9 Å². The summed E-state index contributed by atoms with van der Waals surface area (Å²) >= 11 is 3.55. The van der Waals surface area contributed by atoms with Crippen molar-refractivity contribution in [3.8, 4) is 5.75 Å². The lowest BCUT2D eigenvalue weighted by Crippen LogP contribution is -2.19. The summed E-state index contributed by atoms with van der Waals surface area (Å²) in [5.41, 5.74) is 2.37. The molecule has 1 aliphatic heterocycles. The molecule has 1 aromatic carbocycles. The van der Waals surface area contributed by atoms with E-state index in [1.165, 1.54) is 11.1 Å². The summed E-state index contributed by atoms with van der Waals surface area (Å²) in [4.78, 5) is 0. The maximum absolute atomic E-state index is 6.02. The molecule has 1 aromatic rings. The van der Waals surface area contributed by atoms with Gasteiger partial charge in [-0.2, -0.15) is 0 Å². The first-order valence-corrected chi connectivity index (χ1v) is 7.74. The van der Waals surface area contributed by atoms with Gasteiger partial charge in [-0.15, -0.1) is 0 Å². The summed E-state index contributed by atoms with van der Waals surface area (Å²) < 4.78 is 12.7. The molecule has 106 valence electrons. The predicted molar refractivity (Wildman–Crippen MR) is 80.7 cm³/mol. The Hall–Kier alpha value is -0.580. The second-order valence-corrected chi connectivity index (χ2v) is 5.85. The highest BCUT2D eigenvalue weighted by molar-refractivity contribution is 9.10. The molecule has 4 heteroatoms. The fourth-order valence-corrected chi connectivity index (χ4v) is 2.97. The Morgan fingerprint density at radius 3 is 3.00 bits per heavy atom. The molecule has 1 saturated heterocycles. The highest BCUT2D eigenvalue weighted by atomic mass is 79.9. The molecular weight excluding hydrogens is 306 g/mol. The van der Waals surface area contributed by atoms with E-state index in [0.29, 0.717) is 6.61 Å². The van der Waals surface area contributed by atoms with Crippen LogP contribution in [0.2, 0.25) is 0 Å². The Kier molecular flexibility index (Phi) is 5.67. The van der Waals surface area contributed by atoms with E-state index in [0.717, 1.165) is 42.8 Å². The minimum Gasteiger partial charge on any atom is -0.490 e. The number of nitrogens with one attached hydrogen (secondary N) is 1. The minimum atomic E-state index is 0.259. The van der Waals surface area contributed by atoms with Crippen molar-refractivity contribution in [3.05, 3.63) is 27.7 Å². The molecular formula is C15H22BrNO2. The van der Waals surface area contributed by atoms with Crippen LogP contribution in [0.4, 0.5) is 0 Å². The summed E-state index contributed by atoms with van der Waals surface area (Å²) in [6.45, 7) is 7.51. The number of halogens is 1. The van der Waals surface area contributed by atoms with Crippen molar-refractivity contribution >= 4 is 15.9 Å². The lowest BCUT2D eigenvalue weighted by molar-refractivity contribution is 0.0673. The average molecular weight is 328 g/mol. The molecule has 19 heavy (non-hydrogen) atoms. The lowest BCUT2D eigenvalue weighted by atomic mass is 10.1. The van der Waals surface area contributed by atoms with Crippen LogP contribution >= 0.6 is 15.9 Å². The zero-order valence-corrected chi connectivity index (χ0v) is 13.3. The maximum Gasteiger partial charge on any atom is 0.126 e. The Morgan fingerprint density at radius 1 is 1.47 bits per heavy atom. The largest absolute Gasteiger partial charge is 0.490 e. The summed E-state index contributed by atoms with van der Waals surface area (Å²) in [6.07, 6.45) is 2.52. The van der Waals surface area contributed by atoms with Gasteiger partial charge in [-0.3, -0.25) is 0 Å². The van der Waals surface area contributed by atoms with E-state index in [2.05, 4.69) is 47.2 Å². The quantitative estimate of drug-likeness (QED) is 0.868. The van der Waals surface area contributed by atoms with E-state index >= 15 is 0 Å². The molecule has 0 radical (unpaired) electrons. The minimum absolute atomic E-state index is 0.259. The van der Waals surface area contributed by atoms with Gasteiger partial charge in [0.25, 0.3) is 0 Å². The van der Waals surface area contributed by atoms with Gasteiger partial charge in [-0.25, -0.2) is 0 Å². The smallest absolute Gasteiger partial charge is 0.126 e. The van der Waals surface area contributed by atoms with E-state index < -0.39 is 0 Å². The average Bonchev–Trinajstić information content (AvgIpc) is 2.88. The standard InChI is InChI=1S/C15H22BrNO2/c1-3-17-9-12-8-13(16)7-11(2)15(12)19-10-14-5-4-6-18-14/h7-8,14,17H,3-6,9-10H2,1-2H3. The molecule has 0 spiro atoms. The van der Waals surface area contributed by atoms with E-state index in [1.807, 2.05) is 0 Å². The molecule has 1 fully saturated rings. The number of aryl methyl sites for hydroxylation is 1. The van der Waals surface area contributed by atoms with Gasteiger partial charge < -0.3 is 14.8 Å². The second-order valence-electron chi connectivity index (χ2n) is 4.94. The first-order chi connectivity index (χ1) is 9.20. The number of benzene rings is 1. The van der Waals surface area contributed by atoms with Crippen LogP contribution in [0.25, 0.3) is 0 Å². The van der Waals surface area contributed by atoms with E-state index in [1.54, 1.807) is 0 Å². The van der Waals surface area contributed by atoms with Crippen LogP contribution < -0.4 is 10.1 Å². The number of hydrogen-bond acceptors (Lipinski definition) is 3. The Balaban J connectivity index is 2.07. The summed E-state index contributed by atoms with van der Waals surface area (Å²) in [5.74, 6) is 1.000. The molecule has 0 saturated carbocycles. The Morgan fingerprint density at radius 2 is 2.32 bits per heavy atom. The van der Waals surface area contributed by atoms with Crippen molar-refractivity contribution < 1.29 is 9.47 Å². The van der Waals surface area contributed by atoms with Crippen molar-refractivity contribution in [2.45, 2.75) is 39.3 Å². The van der Waals surface area contributed by atoms with Crippen molar-refractivity contribution in [3.63, 3.8) is 0 Å². The molecule has 1 heterocycles. The summed E-state index contributed by atoms with van der Waals surface area (Å²) in [5, 5.41) is 3.36. The van der Waals surface area contributed by atoms with E-state index in [4.69, 9.17) is 9.47 Å². The number of rotatable bonds is 6. The van der Waals surface area contributed by atoms with Crippen molar-refractivity contribution in [1.82, 2.24) is 5.32 Å². The van der Waals surface area contributed by atoms with Gasteiger partial charge in [0.2, 0.25) is 0 Å². The molecule has 0 aromatic heterocycles. The molecule has 0 bridgehead atoms. The van der Waals surface area contributed by atoms with Crippen LogP contribution in [0.5, 0.6) is 5.75 Å². The summed E-state index contributed by atoms with van der Waals surface area (Å²) in [7, 11) is 0. The van der Waals surface area contributed by atoms with Gasteiger partial charge in [0.15, 0.2) is 0 Å². The highest BCUT2D eigenvalue weighted by Gasteiger charge is 2.17. The molecule has 1 atom stereocenters. The first-order valence-electron chi connectivity index (χ1n) is 6.95. The van der Waals surface area contributed by atoms with Crippen LogP contribution in [-0.2, 0) is 11.3 Å². The molecule has 0 amide bonds. The molecule has 1 N–H and O–H groups in total. The molecule has 0 aliphatic carbocycles. The first kappa shape index (κ1) is 14.8. The van der Waals surface area contributed by atoms with Gasteiger partial charge in [0.1, 0.15) is 12.4 Å². The highest BCUT2D eigenvalue weighted by Crippen LogP contribution is 2.29. The van der Waals surface area contributed by atoms with Crippen LogP contribution in [-0.4, -0.2) is 25.9 Å². The van der Waals surface area contributed by atoms with Gasteiger partial charge in [-0.05, 0) is 44.0 Å². The van der Waals surface area contributed by atoms with Gasteiger partial charge in [0.05, 0.1) is 6.10 Å². The topological polar surface area (TPSA) is 30.5 Å². The number of ether oxygens (including phenoxy) is 2. The van der Waals surface area contributed by atoms with Gasteiger partial charge in [0, 0.05) is 23.2 Å². The van der Waals surface area contributed by atoms with Crippen LogP contribution in [0.15, 0.2) is 16.6 Å². The van der Waals surface area contributed by atoms with Crippen molar-refractivity contribution in [1.29, 1.82) is 0 Å². The van der Waals surface area contributed by atoms with Crippen LogP contribution in [0.3, 0.4) is 0 Å². The van der Waals surface area contributed by atoms with E-state index in [-0.39, 0.29) is 6.10 Å². The van der Waals surface area contributed by atoms with E-state index in [9.17, 15) is 0 Å². The second kappa shape index (κ2) is 7.27. The summed E-state index contributed by atoms with van der Waals surface area (Å²) in [6, 6.07) is 4.22. The number of hydrogen-bond donors (Lipinski definition) is 1. The fraction of sp³-hybridized carbons (Fsp3) is 0.600. The van der Waals surface area contributed by atoms with Crippen molar-refractivity contribution in [2.75, 3.05) is 19.8 Å². The third-order valence-electron chi connectivity index (χ3n) is 3.32. The molecule has 2 rings (SSSR count). The zero-order chi connectivity index (χ0) is 13.7. The van der Waals surface area contributed by atoms with Gasteiger partial charge >= 0.3 is 0 Å². The molecule has 1 unspecified atom stereocenters. The van der Waals surface area contributed by atoms with Crippen LogP contribution in [0.1, 0.15) is 30.9 Å². The maximum atomic E-state index is 6.02. The third-order valence-corrected chi connectivity index (χ3v) is 3.78. The van der Waals surface area contributed by atoms with Crippen LogP contribution in [0, 0.1) is 6.92 Å². The zero-order valence-electron chi connectivity index (χ0n) is 11.7. The normalized spacial score (nSPS) is 18.8. The van der Waals surface area contributed by atoms with Crippen molar-refractivity contribution in [2.24, 2.45) is 0 Å². The molecule has 1 aliphatic rings. The molecule has 3 nitrogen and oxygen atoms in total. The fourth-order valence-electron chi connectivity index (χ4n) is 2.35.